The average Bonchev–Trinajstić information content (AvgIpc) is 2.81. The summed E-state index contributed by atoms with van der Waals surface area (Å²) in [6, 6.07) is 24.5. The molecule has 1 aromatic heterocycles. The quantitative estimate of drug-likeness (QED) is 0.353. The van der Waals surface area contributed by atoms with Gasteiger partial charge in [-0.15, -0.1) is 0 Å². The normalized spacial score (nSPS) is 12.3. The standard InChI is InChI=1S/C27H22ClNO3/c28-21-11-9-19-10-13-22(29-26(19)17-21)12-8-18-4-3-5-20(16-18)23(14-15-30)24-6-1-2-7-25(24)27(31)32/h1-13,16-17,23,30H,14-15H2,(H,31,32)/b12-8+. The number of aliphatic hydroxyl groups excluding tert-OH is 1. The Morgan fingerprint density at radius 2 is 1.78 bits per heavy atom. The van der Waals surface area contributed by atoms with E-state index >= 15 is 0 Å². The summed E-state index contributed by atoms with van der Waals surface area (Å²) in [5, 5.41) is 20.9. The van der Waals surface area contributed by atoms with Crippen LogP contribution in [0.15, 0.2) is 78.9 Å². The predicted molar refractivity (Wildman–Crippen MR) is 129 cm³/mol. The number of halogens is 1. The third-order valence-electron chi connectivity index (χ3n) is 5.42. The van der Waals surface area contributed by atoms with Gasteiger partial charge in [0.15, 0.2) is 0 Å². The van der Waals surface area contributed by atoms with Crippen molar-refractivity contribution in [3.05, 3.63) is 112 Å². The van der Waals surface area contributed by atoms with Gasteiger partial charge in [0.25, 0.3) is 0 Å². The number of hydrogen-bond acceptors (Lipinski definition) is 3. The first-order chi connectivity index (χ1) is 15.5. The Morgan fingerprint density at radius 1 is 0.969 bits per heavy atom. The molecule has 0 aliphatic heterocycles. The Bertz CT molecular complexity index is 1300. The minimum atomic E-state index is -0.970. The molecule has 1 heterocycles. The van der Waals surface area contributed by atoms with Crippen LogP contribution in [0.25, 0.3) is 23.1 Å². The number of carbonyl (C=O) groups is 1. The summed E-state index contributed by atoms with van der Waals surface area (Å²) in [7, 11) is 0. The number of nitrogens with zero attached hydrogens (tertiary/aromatic N) is 1. The topological polar surface area (TPSA) is 70.4 Å². The fourth-order valence-corrected chi connectivity index (χ4v) is 4.05. The molecule has 3 aromatic carbocycles. The molecule has 1 atom stereocenters. The third-order valence-corrected chi connectivity index (χ3v) is 5.65. The molecule has 32 heavy (non-hydrogen) atoms. The number of pyridine rings is 1. The van der Waals surface area contributed by atoms with Crippen molar-refractivity contribution >= 4 is 40.6 Å². The van der Waals surface area contributed by atoms with Crippen LogP contribution in [-0.4, -0.2) is 27.8 Å². The van der Waals surface area contributed by atoms with Crippen LogP contribution >= 0.6 is 11.6 Å². The highest BCUT2D eigenvalue weighted by atomic mass is 35.5. The van der Waals surface area contributed by atoms with E-state index < -0.39 is 5.97 Å². The van der Waals surface area contributed by atoms with Crippen molar-refractivity contribution in [1.29, 1.82) is 0 Å². The number of aromatic carboxylic acids is 1. The highest BCUT2D eigenvalue weighted by Gasteiger charge is 2.20. The second-order valence-corrected chi connectivity index (χ2v) is 7.97. The Labute approximate surface area is 191 Å². The second kappa shape index (κ2) is 9.77. The van der Waals surface area contributed by atoms with Crippen molar-refractivity contribution < 1.29 is 15.0 Å². The molecule has 5 heteroatoms. The first-order valence-electron chi connectivity index (χ1n) is 10.3. The van der Waals surface area contributed by atoms with Crippen molar-refractivity contribution in [2.24, 2.45) is 0 Å². The maximum absolute atomic E-state index is 11.7. The van der Waals surface area contributed by atoms with Gasteiger partial charge in [-0.1, -0.05) is 72.3 Å². The van der Waals surface area contributed by atoms with Crippen molar-refractivity contribution in [1.82, 2.24) is 4.98 Å². The van der Waals surface area contributed by atoms with Crippen molar-refractivity contribution in [2.45, 2.75) is 12.3 Å². The highest BCUT2D eigenvalue weighted by Crippen LogP contribution is 2.31. The maximum Gasteiger partial charge on any atom is 0.335 e. The van der Waals surface area contributed by atoms with E-state index in [9.17, 15) is 15.0 Å². The minimum Gasteiger partial charge on any atom is -0.478 e. The minimum absolute atomic E-state index is 0.0394. The molecule has 0 saturated heterocycles. The van der Waals surface area contributed by atoms with E-state index in [0.717, 1.165) is 27.7 Å². The molecule has 0 spiro atoms. The molecule has 0 fully saturated rings. The molecule has 2 N–H and O–H groups in total. The number of rotatable bonds is 7. The molecule has 4 rings (SSSR count). The summed E-state index contributed by atoms with van der Waals surface area (Å²) >= 11 is 6.09. The van der Waals surface area contributed by atoms with E-state index in [1.807, 2.05) is 78.9 Å². The zero-order valence-electron chi connectivity index (χ0n) is 17.3. The van der Waals surface area contributed by atoms with E-state index in [1.165, 1.54) is 0 Å². The van der Waals surface area contributed by atoms with Crippen LogP contribution in [0.1, 0.15) is 45.1 Å². The van der Waals surface area contributed by atoms with E-state index in [-0.39, 0.29) is 18.1 Å². The molecule has 0 aliphatic rings. The zero-order valence-corrected chi connectivity index (χ0v) is 18.0. The summed E-state index contributed by atoms with van der Waals surface area (Å²) in [4.78, 5) is 16.4. The van der Waals surface area contributed by atoms with Crippen LogP contribution in [-0.2, 0) is 0 Å². The van der Waals surface area contributed by atoms with E-state index in [2.05, 4.69) is 4.98 Å². The van der Waals surface area contributed by atoms with E-state index in [1.54, 1.807) is 12.1 Å². The number of aliphatic hydroxyl groups is 1. The molecule has 4 nitrogen and oxygen atoms in total. The lowest BCUT2D eigenvalue weighted by Crippen LogP contribution is -2.10. The summed E-state index contributed by atoms with van der Waals surface area (Å²) in [6.07, 6.45) is 4.34. The number of carboxylic acids is 1. The van der Waals surface area contributed by atoms with Gasteiger partial charge in [-0.25, -0.2) is 9.78 Å². The van der Waals surface area contributed by atoms with Crippen LogP contribution in [0, 0.1) is 0 Å². The van der Waals surface area contributed by atoms with Gasteiger partial charge in [-0.05, 0) is 53.5 Å². The SMILES string of the molecule is O=C(O)c1ccccc1C(CCO)c1cccc(/C=C/c2ccc3ccc(Cl)cc3n2)c1. The summed E-state index contributed by atoms with van der Waals surface area (Å²) in [5.41, 5.74) is 4.52. The van der Waals surface area contributed by atoms with Crippen LogP contribution in [0.5, 0.6) is 0 Å². The number of fused-ring (bicyclic) bond motifs is 1. The summed E-state index contributed by atoms with van der Waals surface area (Å²) < 4.78 is 0. The van der Waals surface area contributed by atoms with Crippen LogP contribution in [0.3, 0.4) is 0 Å². The van der Waals surface area contributed by atoms with E-state index in [4.69, 9.17) is 11.6 Å². The first-order valence-corrected chi connectivity index (χ1v) is 10.7. The van der Waals surface area contributed by atoms with Gasteiger partial charge in [0.1, 0.15) is 0 Å². The van der Waals surface area contributed by atoms with Gasteiger partial charge in [-0.3, -0.25) is 0 Å². The van der Waals surface area contributed by atoms with E-state index in [0.29, 0.717) is 17.0 Å². The van der Waals surface area contributed by atoms with Gasteiger partial charge in [0, 0.05) is 22.9 Å². The van der Waals surface area contributed by atoms with Gasteiger partial charge < -0.3 is 10.2 Å². The lowest BCUT2D eigenvalue weighted by Gasteiger charge is -2.19. The molecular formula is C27H22ClNO3. The van der Waals surface area contributed by atoms with Gasteiger partial charge in [0.05, 0.1) is 16.8 Å². The van der Waals surface area contributed by atoms with Crippen molar-refractivity contribution in [3.63, 3.8) is 0 Å². The smallest absolute Gasteiger partial charge is 0.335 e. The fraction of sp³-hybridized carbons (Fsp3) is 0.111. The van der Waals surface area contributed by atoms with Crippen molar-refractivity contribution in [3.8, 4) is 0 Å². The van der Waals surface area contributed by atoms with Crippen molar-refractivity contribution in [2.75, 3.05) is 6.61 Å². The van der Waals surface area contributed by atoms with Gasteiger partial charge >= 0.3 is 5.97 Å². The Balaban J connectivity index is 1.66. The largest absolute Gasteiger partial charge is 0.478 e. The Morgan fingerprint density at radius 3 is 2.59 bits per heavy atom. The first kappa shape index (κ1) is 21.8. The average molecular weight is 444 g/mol. The van der Waals surface area contributed by atoms with Gasteiger partial charge in [0.2, 0.25) is 0 Å². The highest BCUT2D eigenvalue weighted by molar-refractivity contribution is 6.31. The lowest BCUT2D eigenvalue weighted by molar-refractivity contribution is 0.0695. The zero-order chi connectivity index (χ0) is 22.5. The Kier molecular flexibility index (Phi) is 6.64. The summed E-state index contributed by atoms with van der Waals surface area (Å²) in [6.45, 7) is -0.0394. The fourth-order valence-electron chi connectivity index (χ4n) is 3.89. The molecular weight excluding hydrogens is 422 g/mol. The molecule has 0 saturated carbocycles. The molecule has 0 bridgehead atoms. The Hall–Kier alpha value is -3.47. The van der Waals surface area contributed by atoms with Crippen LogP contribution in [0.4, 0.5) is 0 Å². The molecule has 4 aromatic rings. The molecule has 1 unspecified atom stereocenters. The summed E-state index contributed by atoms with van der Waals surface area (Å²) in [5.74, 6) is -1.19. The number of aromatic nitrogens is 1. The number of hydrogen-bond donors (Lipinski definition) is 2. The van der Waals surface area contributed by atoms with Crippen LogP contribution in [0.2, 0.25) is 5.02 Å². The maximum atomic E-state index is 11.7. The predicted octanol–water partition coefficient (Wildman–Crippen LogP) is 6.27. The molecule has 0 radical (unpaired) electrons. The molecule has 0 amide bonds. The lowest BCUT2D eigenvalue weighted by atomic mass is 9.85. The molecule has 160 valence electrons. The molecule has 0 aliphatic carbocycles. The van der Waals surface area contributed by atoms with Gasteiger partial charge in [-0.2, -0.15) is 0 Å². The third kappa shape index (κ3) is 4.88. The number of benzene rings is 3. The van der Waals surface area contributed by atoms with Crippen LogP contribution < -0.4 is 0 Å². The second-order valence-electron chi connectivity index (χ2n) is 7.53. The monoisotopic (exact) mass is 443 g/mol. The number of carboxylic acid groups (broad SMARTS) is 1.